The van der Waals surface area contributed by atoms with Crippen molar-refractivity contribution in [2.75, 3.05) is 19.5 Å². The first-order valence-electron chi connectivity index (χ1n) is 5.14. The lowest BCUT2D eigenvalue weighted by Gasteiger charge is -2.36. The molecule has 1 heterocycles. The fourth-order valence-corrected chi connectivity index (χ4v) is 1.52. The smallest absolute Gasteiger partial charge is 0.412 e. The van der Waals surface area contributed by atoms with Gasteiger partial charge in [-0.2, -0.15) is 12.6 Å². The van der Waals surface area contributed by atoms with Crippen LogP contribution in [0.5, 0.6) is 0 Å². The quantitative estimate of drug-likeness (QED) is 0.377. The van der Waals surface area contributed by atoms with Gasteiger partial charge in [0, 0.05) is 13.5 Å². The molecule has 0 aliphatic carbocycles. The molecule has 1 saturated heterocycles. The number of thiol groups is 1. The van der Waals surface area contributed by atoms with Gasteiger partial charge >= 0.3 is 6.09 Å². The monoisotopic (exact) mass is 267 g/mol. The van der Waals surface area contributed by atoms with Crippen molar-refractivity contribution in [1.82, 2.24) is 4.90 Å². The summed E-state index contributed by atoms with van der Waals surface area (Å²) in [5, 5.41) is 27.9. The summed E-state index contributed by atoms with van der Waals surface area (Å²) in [6, 6.07) is 0. The molecule has 17 heavy (non-hydrogen) atoms. The zero-order valence-electron chi connectivity index (χ0n) is 9.39. The highest BCUT2D eigenvalue weighted by atomic mass is 32.1. The summed E-state index contributed by atoms with van der Waals surface area (Å²) in [6.45, 7) is -0.464. The van der Waals surface area contributed by atoms with E-state index >= 15 is 0 Å². The van der Waals surface area contributed by atoms with Crippen molar-refractivity contribution in [2.45, 2.75) is 31.0 Å². The number of hydrogen-bond acceptors (Lipinski definition) is 7. The van der Waals surface area contributed by atoms with Gasteiger partial charge in [0.1, 0.15) is 12.2 Å². The molecule has 0 radical (unpaired) electrons. The highest BCUT2D eigenvalue weighted by Crippen LogP contribution is 2.21. The molecule has 0 bridgehead atoms. The van der Waals surface area contributed by atoms with Crippen molar-refractivity contribution >= 4 is 18.7 Å². The maximum Gasteiger partial charge on any atom is 0.412 e. The Bertz CT molecular complexity index is 266. The number of ether oxygens (including phenoxy) is 2. The van der Waals surface area contributed by atoms with E-state index in [4.69, 9.17) is 14.6 Å². The summed E-state index contributed by atoms with van der Waals surface area (Å²) in [5.74, 6) is 0.181. The molecule has 0 aromatic heterocycles. The van der Waals surface area contributed by atoms with E-state index < -0.39 is 37.3 Å². The number of amides is 1. The fourth-order valence-electron chi connectivity index (χ4n) is 1.40. The van der Waals surface area contributed by atoms with Gasteiger partial charge in [0.15, 0.2) is 0 Å². The number of carbonyl (C=O) groups excluding carboxylic acids is 1. The Labute approximate surface area is 104 Å². The van der Waals surface area contributed by atoms with Crippen molar-refractivity contribution in [3.05, 3.63) is 0 Å². The predicted molar refractivity (Wildman–Crippen MR) is 60.5 cm³/mol. The van der Waals surface area contributed by atoms with Gasteiger partial charge in [0.2, 0.25) is 6.29 Å². The predicted octanol–water partition coefficient (Wildman–Crippen LogP) is -1.23. The Hall–Kier alpha value is -0.540. The minimum absolute atomic E-state index is 0.0379. The van der Waals surface area contributed by atoms with Crippen LogP contribution in [0.4, 0.5) is 4.79 Å². The van der Waals surface area contributed by atoms with Crippen molar-refractivity contribution in [2.24, 2.45) is 0 Å². The average molecular weight is 267 g/mol. The fraction of sp³-hybridized carbons (Fsp3) is 0.889. The molecule has 0 saturated carbocycles. The van der Waals surface area contributed by atoms with Crippen LogP contribution in [0.2, 0.25) is 0 Å². The van der Waals surface area contributed by atoms with Crippen molar-refractivity contribution < 1.29 is 29.6 Å². The average Bonchev–Trinajstić information content (AvgIpc) is 2.32. The van der Waals surface area contributed by atoms with E-state index in [1.807, 2.05) is 0 Å². The standard InChI is InChI=1S/C9H17NO6S/c1-10(4-17)9(14)16-7-2-5(12)8(13)6(3-11)15-7/h5-8,11-13,17H,2-4H2,1H3/t5-,6-,7+,8-/m1/s1. The molecule has 1 rings (SSSR count). The lowest BCUT2D eigenvalue weighted by atomic mass is 10.0. The van der Waals surface area contributed by atoms with E-state index in [0.29, 0.717) is 0 Å². The van der Waals surface area contributed by atoms with Gasteiger partial charge in [0.25, 0.3) is 0 Å². The lowest BCUT2D eigenvalue weighted by Crippen LogP contribution is -2.51. The van der Waals surface area contributed by atoms with Crippen LogP contribution < -0.4 is 0 Å². The molecule has 0 unspecified atom stereocenters. The third-order valence-corrected chi connectivity index (χ3v) is 2.90. The summed E-state index contributed by atoms with van der Waals surface area (Å²) in [6.07, 6.45) is -4.91. The summed E-state index contributed by atoms with van der Waals surface area (Å²) >= 11 is 3.90. The Morgan fingerprint density at radius 2 is 2.24 bits per heavy atom. The minimum Gasteiger partial charge on any atom is -0.419 e. The summed E-state index contributed by atoms with van der Waals surface area (Å²) < 4.78 is 10.1. The second-order valence-corrected chi connectivity index (χ2v) is 4.09. The van der Waals surface area contributed by atoms with Crippen LogP contribution in [0, 0.1) is 0 Å². The van der Waals surface area contributed by atoms with Crippen LogP contribution in [-0.2, 0) is 9.47 Å². The maximum absolute atomic E-state index is 11.4. The van der Waals surface area contributed by atoms with E-state index in [-0.39, 0.29) is 12.3 Å². The van der Waals surface area contributed by atoms with Gasteiger partial charge in [-0.3, -0.25) is 0 Å². The van der Waals surface area contributed by atoms with E-state index in [1.165, 1.54) is 11.9 Å². The first kappa shape index (κ1) is 14.5. The van der Waals surface area contributed by atoms with E-state index in [0.717, 1.165) is 0 Å². The zero-order valence-corrected chi connectivity index (χ0v) is 10.3. The largest absolute Gasteiger partial charge is 0.419 e. The molecule has 1 amide bonds. The van der Waals surface area contributed by atoms with E-state index in [1.54, 1.807) is 0 Å². The number of aliphatic hydroxyl groups excluding tert-OH is 3. The van der Waals surface area contributed by atoms with Crippen LogP contribution in [0.3, 0.4) is 0 Å². The minimum atomic E-state index is -1.18. The molecule has 1 aliphatic rings. The molecule has 1 aliphatic heterocycles. The lowest BCUT2D eigenvalue weighted by molar-refractivity contribution is -0.240. The van der Waals surface area contributed by atoms with Crippen LogP contribution in [0.25, 0.3) is 0 Å². The van der Waals surface area contributed by atoms with Crippen LogP contribution >= 0.6 is 12.6 Å². The molecule has 1 fully saturated rings. The topological polar surface area (TPSA) is 99.5 Å². The molecule has 0 aromatic rings. The summed E-state index contributed by atoms with van der Waals surface area (Å²) in [7, 11) is 1.49. The Kier molecular flexibility index (Phi) is 5.47. The maximum atomic E-state index is 11.4. The molecular weight excluding hydrogens is 250 g/mol. The first-order chi connectivity index (χ1) is 7.99. The van der Waals surface area contributed by atoms with Crippen molar-refractivity contribution in [1.29, 1.82) is 0 Å². The highest BCUT2D eigenvalue weighted by molar-refractivity contribution is 7.80. The van der Waals surface area contributed by atoms with Crippen LogP contribution in [0.15, 0.2) is 0 Å². The number of carbonyl (C=O) groups is 1. The molecule has 8 heteroatoms. The van der Waals surface area contributed by atoms with Gasteiger partial charge < -0.3 is 29.7 Å². The molecular formula is C9H17NO6S. The molecule has 0 aromatic carbocycles. The number of nitrogens with zero attached hydrogens (tertiary/aromatic N) is 1. The molecule has 3 N–H and O–H groups in total. The first-order valence-corrected chi connectivity index (χ1v) is 5.78. The van der Waals surface area contributed by atoms with Gasteiger partial charge in [0.05, 0.1) is 18.6 Å². The van der Waals surface area contributed by atoms with Crippen molar-refractivity contribution in [3.63, 3.8) is 0 Å². The molecule has 100 valence electrons. The third kappa shape index (κ3) is 3.71. The van der Waals surface area contributed by atoms with Gasteiger partial charge in [-0.25, -0.2) is 4.79 Å². The van der Waals surface area contributed by atoms with Gasteiger partial charge in [-0.15, -0.1) is 0 Å². The van der Waals surface area contributed by atoms with Gasteiger partial charge in [-0.1, -0.05) is 0 Å². The highest BCUT2D eigenvalue weighted by Gasteiger charge is 2.38. The third-order valence-electron chi connectivity index (χ3n) is 2.47. The summed E-state index contributed by atoms with van der Waals surface area (Å²) in [5.41, 5.74) is 0. The number of rotatable bonds is 3. The molecule has 0 spiro atoms. The zero-order chi connectivity index (χ0) is 13.0. The Morgan fingerprint density at radius 1 is 1.59 bits per heavy atom. The Morgan fingerprint density at radius 3 is 2.76 bits per heavy atom. The van der Waals surface area contributed by atoms with Crippen LogP contribution in [0.1, 0.15) is 6.42 Å². The van der Waals surface area contributed by atoms with Crippen molar-refractivity contribution in [3.8, 4) is 0 Å². The molecule has 7 nitrogen and oxygen atoms in total. The number of aliphatic hydroxyl groups is 3. The summed E-state index contributed by atoms with van der Waals surface area (Å²) in [4.78, 5) is 12.6. The Balaban J connectivity index is 2.52. The SMILES string of the molecule is CN(CS)C(=O)O[C@H]1C[C@@H](O)[C@@H](O)[C@@H](CO)O1. The second kappa shape index (κ2) is 6.41. The van der Waals surface area contributed by atoms with Gasteiger partial charge in [-0.05, 0) is 0 Å². The normalized spacial score (nSPS) is 33.2. The number of hydrogen-bond donors (Lipinski definition) is 4. The van der Waals surface area contributed by atoms with E-state index in [9.17, 15) is 15.0 Å². The van der Waals surface area contributed by atoms with Crippen LogP contribution in [-0.4, -0.2) is 70.4 Å². The molecule has 4 atom stereocenters. The van der Waals surface area contributed by atoms with E-state index in [2.05, 4.69) is 12.6 Å². The second-order valence-electron chi connectivity index (χ2n) is 3.80.